The van der Waals surface area contributed by atoms with Crippen molar-refractivity contribution < 1.29 is 9.84 Å². The van der Waals surface area contributed by atoms with E-state index in [0.717, 1.165) is 6.42 Å². The minimum Gasteiger partial charge on any atom is -0.394 e. The quantitative estimate of drug-likeness (QED) is 0.398. The van der Waals surface area contributed by atoms with Crippen LogP contribution in [-0.4, -0.2) is 17.8 Å². The Hall–Kier alpha value is -1.12. The van der Waals surface area contributed by atoms with Gasteiger partial charge in [0, 0.05) is 0 Å². The zero-order valence-corrected chi connectivity index (χ0v) is 14.5. The van der Waals surface area contributed by atoms with Gasteiger partial charge in [0.1, 0.15) is 12.2 Å². The first-order valence-corrected chi connectivity index (χ1v) is 9.38. The lowest BCUT2D eigenvalue weighted by molar-refractivity contribution is 0.242. The Labute approximate surface area is 141 Å². The molecule has 0 radical (unpaired) electrons. The maximum atomic E-state index is 9.15. The lowest BCUT2D eigenvalue weighted by Gasteiger charge is -2.03. The van der Waals surface area contributed by atoms with Crippen molar-refractivity contribution in [1.82, 2.24) is 0 Å². The fourth-order valence-corrected chi connectivity index (χ4v) is 3.08. The zero-order valence-electron chi connectivity index (χ0n) is 14.5. The first-order valence-electron chi connectivity index (χ1n) is 9.38. The van der Waals surface area contributed by atoms with Crippen LogP contribution in [0.1, 0.15) is 81.9 Å². The van der Waals surface area contributed by atoms with Crippen molar-refractivity contribution in [3.8, 4) is 0 Å². The van der Waals surface area contributed by atoms with Gasteiger partial charge in [-0.3, -0.25) is 0 Å². The topological polar surface area (TPSA) is 32.8 Å². The fourth-order valence-electron chi connectivity index (χ4n) is 3.08. The van der Waals surface area contributed by atoms with Crippen LogP contribution in [0.15, 0.2) is 30.3 Å². The van der Waals surface area contributed by atoms with Crippen LogP contribution in [0.4, 0.5) is 0 Å². The molecule has 1 aliphatic heterocycles. The molecule has 2 unspecified atom stereocenters. The highest BCUT2D eigenvalue weighted by molar-refractivity contribution is 5.55. The molecule has 2 nitrogen and oxygen atoms in total. The van der Waals surface area contributed by atoms with E-state index in [1.165, 1.54) is 62.5 Å². The van der Waals surface area contributed by atoms with Gasteiger partial charge in [0.05, 0.1) is 6.61 Å². The van der Waals surface area contributed by atoms with E-state index in [9.17, 15) is 0 Å². The normalized spacial score (nSPS) is 20.3. The molecule has 1 aliphatic rings. The molecule has 1 heterocycles. The van der Waals surface area contributed by atoms with E-state index >= 15 is 0 Å². The molecule has 2 atom stereocenters. The summed E-state index contributed by atoms with van der Waals surface area (Å²) < 4.78 is 5.51. The van der Waals surface area contributed by atoms with Gasteiger partial charge < -0.3 is 9.84 Å². The first kappa shape index (κ1) is 18.2. The second-order valence-electron chi connectivity index (χ2n) is 6.57. The third-order valence-electron chi connectivity index (χ3n) is 4.59. The summed E-state index contributed by atoms with van der Waals surface area (Å²) in [5.41, 5.74) is 2.44. The molecule has 128 valence electrons. The molecule has 1 aromatic rings. The van der Waals surface area contributed by atoms with Gasteiger partial charge in [-0.2, -0.15) is 0 Å². The van der Waals surface area contributed by atoms with Crippen LogP contribution in [0.25, 0.3) is 6.08 Å². The SMILES string of the molecule is CCCCCCCCCC/C=C/c1ccccc1C1OC1CO. The highest BCUT2D eigenvalue weighted by atomic mass is 16.6. The average Bonchev–Trinajstić information content (AvgIpc) is 3.36. The summed E-state index contributed by atoms with van der Waals surface area (Å²) in [7, 11) is 0. The lowest BCUT2D eigenvalue weighted by Crippen LogP contribution is -1.95. The van der Waals surface area contributed by atoms with E-state index in [0.29, 0.717) is 0 Å². The van der Waals surface area contributed by atoms with Crippen LogP contribution in [0.5, 0.6) is 0 Å². The van der Waals surface area contributed by atoms with Crippen LogP contribution in [-0.2, 0) is 4.74 Å². The monoisotopic (exact) mass is 316 g/mol. The maximum absolute atomic E-state index is 9.15. The number of hydrogen-bond donors (Lipinski definition) is 1. The fraction of sp³-hybridized carbons (Fsp3) is 0.619. The zero-order chi connectivity index (χ0) is 16.3. The van der Waals surface area contributed by atoms with Gasteiger partial charge in [0.15, 0.2) is 0 Å². The van der Waals surface area contributed by atoms with E-state index in [-0.39, 0.29) is 18.8 Å². The van der Waals surface area contributed by atoms with Crippen molar-refractivity contribution in [3.05, 3.63) is 41.5 Å². The summed E-state index contributed by atoms with van der Waals surface area (Å²) in [6.07, 6.45) is 16.7. The summed E-state index contributed by atoms with van der Waals surface area (Å²) >= 11 is 0. The van der Waals surface area contributed by atoms with Crippen molar-refractivity contribution >= 4 is 6.08 Å². The van der Waals surface area contributed by atoms with E-state index in [4.69, 9.17) is 9.84 Å². The second-order valence-corrected chi connectivity index (χ2v) is 6.57. The highest BCUT2D eigenvalue weighted by Gasteiger charge is 2.40. The smallest absolute Gasteiger partial charge is 0.112 e. The van der Waals surface area contributed by atoms with Gasteiger partial charge in [-0.25, -0.2) is 0 Å². The Morgan fingerprint density at radius 1 is 1.00 bits per heavy atom. The van der Waals surface area contributed by atoms with Crippen LogP contribution in [0, 0.1) is 0 Å². The number of unbranched alkanes of at least 4 members (excludes halogenated alkanes) is 8. The molecule has 1 aromatic carbocycles. The van der Waals surface area contributed by atoms with Crippen molar-refractivity contribution in [2.45, 2.75) is 76.9 Å². The van der Waals surface area contributed by atoms with Gasteiger partial charge in [-0.15, -0.1) is 0 Å². The minimum absolute atomic E-state index is 0.00254. The molecule has 1 saturated heterocycles. The predicted octanol–water partition coefficient (Wildman–Crippen LogP) is 5.66. The second kappa shape index (κ2) is 10.6. The van der Waals surface area contributed by atoms with Gasteiger partial charge in [0.2, 0.25) is 0 Å². The molecular weight excluding hydrogens is 284 g/mol. The van der Waals surface area contributed by atoms with E-state index in [1.807, 2.05) is 6.07 Å². The summed E-state index contributed by atoms with van der Waals surface area (Å²) in [5.74, 6) is 0. The first-order chi connectivity index (χ1) is 11.4. The van der Waals surface area contributed by atoms with Crippen LogP contribution in [0.3, 0.4) is 0 Å². The Balaban J connectivity index is 1.63. The third-order valence-corrected chi connectivity index (χ3v) is 4.59. The van der Waals surface area contributed by atoms with Gasteiger partial charge in [0.25, 0.3) is 0 Å². The lowest BCUT2D eigenvalue weighted by atomic mass is 10.0. The number of aliphatic hydroxyl groups is 1. The minimum atomic E-state index is -0.00254. The maximum Gasteiger partial charge on any atom is 0.112 e. The molecule has 0 saturated carbocycles. The summed E-state index contributed by atoms with van der Waals surface area (Å²) in [4.78, 5) is 0. The number of benzene rings is 1. The molecule has 23 heavy (non-hydrogen) atoms. The predicted molar refractivity (Wildman–Crippen MR) is 97.4 cm³/mol. The van der Waals surface area contributed by atoms with Gasteiger partial charge in [-0.1, -0.05) is 88.3 Å². The van der Waals surface area contributed by atoms with Gasteiger partial charge >= 0.3 is 0 Å². The Bertz CT molecular complexity index is 467. The Morgan fingerprint density at radius 2 is 1.70 bits per heavy atom. The number of aliphatic hydroxyl groups excluding tert-OH is 1. The molecule has 2 rings (SSSR count). The number of hydrogen-bond acceptors (Lipinski definition) is 2. The van der Waals surface area contributed by atoms with Crippen molar-refractivity contribution in [2.24, 2.45) is 0 Å². The van der Waals surface area contributed by atoms with E-state index < -0.39 is 0 Å². The summed E-state index contributed by atoms with van der Waals surface area (Å²) in [6.45, 7) is 2.38. The molecule has 0 amide bonds. The van der Waals surface area contributed by atoms with Crippen molar-refractivity contribution in [3.63, 3.8) is 0 Å². The summed E-state index contributed by atoms with van der Waals surface area (Å²) in [6, 6.07) is 8.35. The number of allylic oxidation sites excluding steroid dienone is 1. The van der Waals surface area contributed by atoms with Crippen LogP contribution >= 0.6 is 0 Å². The van der Waals surface area contributed by atoms with Crippen LogP contribution in [0.2, 0.25) is 0 Å². The number of ether oxygens (including phenoxy) is 1. The highest BCUT2D eigenvalue weighted by Crippen LogP contribution is 2.40. The van der Waals surface area contributed by atoms with Crippen LogP contribution < -0.4 is 0 Å². The summed E-state index contributed by atoms with van der Waals surface area (Å²) in [5, 5.41) is 9.15. The van der Waals surface area contributed by atoms with E-state index in [2.05, 4.69) is 37.3 Å². The molecule has 1 fully saturated rings. The molecule has 2 heteroatoms. The largest absolute Gasteiger partial charge is 0.394 e. The van der Waals surface area contributed by atoms with Crippen molar-refractivity contribution in [1.29, 1.82) is 0 Å². The molecule has 1 N–H and O–H groups in total. The van der Waals surface area contributed by atoms with Crippen molar-refractivity contribution in [2.75, 3.05) is 6.61 Å². The molecular formula is C21H32O2. The average molecular weight is 316 g/mol. The van der Waals surface area contributed by atoms with Gasteiger partial charge in [-0.05, 0) is 24.0 Å². The molecule has 0 aromatic heterocycles. The molecule has 0 aliphatic carbocycles. The third kappa shape index (κ3) is 6.48. The Morgan fingerprint density at radius 3 is 2.39 bits per heavy atom. The molecule has 0 bridgehead atoms. The standard InChI is InChI=1S/C21H32O2/c1-2-3-4-5-6-7-8-9-10-11-14-18-15-12-13-16-19(18)21-20(17-22)23-21/h11-16,20-22H,2-10,17H2,1H3/b14-11+. The number of rotatable bonds is 12. The molecule has 0 spiro atoms. The van der Waals surface area contributed by atoms with E-state index in [1.54, 1.807) is 0 Å². The number of epoxide rings is 1. The Kier molecular flexibility index (Phi) is 8.41.